The number of nitrogens with one attached hydrogen (secondary N) is 3. The molecule has 0 fully saturated rings. The van der Waals surface area contributed by atoms with Crippen molar-refractivity contribution in [1.29, 1.82) is 0 Å². The van der Waals surface area contributed by atoms with Gasteiger partial charge in [0.05, 0.1) is 30.8 Å². The number of ether oxygens (including phenoxy) is 2. The Labute approximate surface area is 181 Å². The van der Waals surface area contributed by atoms with E-state index in [0.29, 0.717) is 40.5 Å². The molecule has 11 nitrogen and oxygen atoms in total. The zero-order valence-electron chi connectivity index (χ0n) is 17.6. The molecule has 32 heavy (non-hydrogen) atoms. The van der Waals surface area contributed by atoms with E-state index in [-0.39, 0.29) is 11.5 Å². The van der Waals surface area contributed by atoms with Gasteiger partial charge in [0.15, 0.2) is 5.82 Å². The summed E-state index contributed by atoms with van der Waals surface area (Å²) in [6.45, 7) is 2.10. The van der Waals surface area contributed by atoms with Crippen LogP contribution in [0.5, 0.6) is 11.5 Å². The van der Waals surface area contributed by atoms with Gasteiger partial charge in [-0.15, -0.1) is 5.10 Å². The molecule has 0 radical (unpaired) electrons. The minimum Gasteiger partial charge on any atom is -0.497 e. The van der Waals surface area contributed by atoms with Crippen LogP contribution >= 0.6 is 0 Å². The van der Waals surface area contributed by atoms with Gasteiger partial charge in [0.2, 0.25) is 5.95 Å². The molecule has 11 heteroatoms. The van der Waals surface area contributed by atoms with Gasteiger partial charge in [-0.25, -0.2) is 0 Å². The number of H-pyrrole nitrogens is 2. The molecule has 0 unspecified atom stereocenters. The van der Waals surface area contributed by atoms with Crippen LogP contribution in [-0.4, -0.2) is 44.9 Å². The van der Waals surface area contributed by atoms with Crippen LogP contribution in [0.15, 0.2) is 46.0 Å². The molecule has 0 spiro atoms. The van der Waals surface area contributed by atoms with E-state index in [0.717, 1.165) is 0 Å². The highest BCUT2D eigenvalue weighted by Crippen LogP contribution is 2.31. The molecule has 4 aromatic rings. The second-order valence-corrected chi connectivity index (χ2v) is 6.76. The highest BCUT2D eigenvalue weighted by molar-refractivity contribution is 6.05. The molecule has 2 heterocycles. The second-order valence-electron chi connectivity index (χ2n) is 6.76. The summed E-state index contributed by atoms with van der Waals surface area (Å²) >= 11 is 0. The highest BCUT2D eigenvalue weighted by atomic mass is 16.5. The van der Waals surface area contributed by atoms with Gasteiger partial charge in [0, 0.05) is 18.2 Å². The Balaban J connectivity index is 1.61. The molecule has 2 aromatic carbocycles. The molecule has 0 bridgehead atoms. The molecule has 0 aliphatic rings. The summed E-state index contributed by atoms with van der Waals surface area (Å²) in [7, 11) is 3.08. The first-order chi connectivity index (χ1) is 15.4. The number of benzene rings is 2. The first-order valence-corrected chi connectivity index (χ1v) is 9.68. The summed E-state index contributed by atoms with van der Waals surface area (Å²) in [4.78, 5) is 43.4. The summed E-state index contributed by atoms with van der Waals surface area (Å²) in [6.07, 6.45) is 0. The zero-order chi connectivity index (χ0) is 22.8. The third-order valence-electron chi connectivity index (χ3n) is 4.93. The Morgan fingerprint density at radius 2 is 1.94 bits per heavy atom. The molecule has 2 aromatic heterocycles. The minimum atomic E-state index is -0.746. The number of aromatic nitrogens is 5. The number of anilines is 1. The van der Waals surface area contributed by atoms with Crippen molar-refractivity contribution in [2.45, 2.75) is 13.5 Å². The van der Waals surface area contributed by atoms with Crippen molar-refractivity contribution in [3.63, 3.8) is 0 Å². The Morgan fingerprint density at radius 3 is 2.66 bits per heavy atom. The quantitative estimate of drug-likeness (QED) is 0.391. The monoisotopic (exact) mass is 436 g/mol. The van der Waals surface area contributed by atoms with E-state index in [1.807, 2.05) is 0 Å². The van der Waals surface area contributed by atoms with Crippen molar-refractivity contribution in [3.8, 4) is 22.9 Å². The Hall–Kier alpha value is -4.41. The Morgan fingerprint density at radius 1 is 1.12 bits per heavy atom. The molecule has 0 aliphatic carbocycles. The fourth-order valence-electron chi connectivity index (χ4n) is 3.34. The molecular formula is C21H20N6O5. The maximum absolute atomic E-state index is 12.7. The van der Waals surface area contributed by atoms with Crippen LogP contribution in [-0.2, 0) is 6.54 Å². The third-order valence-corrected chi connectivity index (χ3v) is 4.93. The number of aromatic amines is 2. The molecule has 164 valence electrons. The standard InChI is InChI=1S/C21H20N6O5/c1-4-27-15-8-5-11(9-14(15)22-19(29)20(27)30)18(28)24-21-23-17(25-26-21)13-7-6-12(31-2)10-16(13)32-3/h5-10H,4H2,1-3H3,(H,22,29)(H2,23,24,25,26,28). The topological polar surface area (TPSA) is 144 Å². The van der Waals surface area contributed by atoms with Crippen LogP contribution in [0, 0.1) is 0 Å². The van der Waals surface area contributed by atoms with Crippen LogP contribution in [0.1, 0.15) is 17.3 Å². The first kappa shape index (κ1) is 20.8. The van der Waals surface area contributed by atoms with Gasteiger partial charge in [0.25, 0.3) is 5.91 Å². The summed E-state index contributed by atoms with van der Waals surface area (Å²) < 4.78 is 11.9. The third kappa shape index (κ3) is 3.71. The van der Waals surface area contributed by atoms with Crippen LogP contribution in [0.2, 0.25) is 0 Å². The number of nitrogens with zero attached hydrogens (tertiary/aromatic N) is 3. The Kier molecular flexibility index (Phi) is 5.46. The minimum absolute atomic E-state index is 0.0648. The predicted molar refractivity (Wildman–Crippen MR) is 117 cm³/mol. The van der Waals surface area contributed by atoms with E-state index >= 15 is 0 Å². The van der Waals surface area contributed by atoms with Crippen molar-refractivity contribution in [2.75, 3.05) is 19.5 Å². The number of amides is 1. The maximum Gasteiger partial charge on any atom is 0.316 e. The molecule has 0 atom stereocenters. The predicted octanol–water partition coefficient (Wildman–Crippen LogP) is 1.76. The molecule has 0 saturated heterocycles. The molecule has 0 aliphatic heterocycles. The largest absolute Gasteiger partial charge is 0.497 e. The van der Waals surface area contributed by atoms with Gasteiger partial charge in [-0.2, -0.15) is 4.98 Å². The molecular weight excluding hydrogens is 416 g/mol. The van der Waals surface area contributed by atoms with E-state index in [2.05, 4.69) is 25.5 Å². The van der Waals surface area contributed by atoms with Gasteiger partial charge in [0.1, 0.15) is 11.5 Å². The molecule has 4 rings (SSSR count). The van der Waals surface area contributed by atoms with Crippen molar-refractivity contribution < 1.29 is 14.3 Å². The number of carbonyl (C=O) groups is 1. The number of hydrogen-bond acceptors (Lipinski definition) is 7. The summed E-state index contributed by atoms with van der Waals surface area (Å²) in [5, 5.41) is 9.41. The lowest BCUT2D eigenvalue weighted by atomic mass is 10.1. The van der Waals surface area contributed by atoms with Crippen LogP contribution < -0.4 is 25.9 Å². The normalized spacial score (nSPS) is 10.8. The first-order valence-electron chi connectivity index (χ1n) is 9.68. The number of methoxy groups -OCH3 is 2. The van der Waals surface area contributed by atoms with E-state index in [4.69, 9.17) is 9.47 Å². The number of fused-ring (bicyclic) bond motifs is 1. The van der Waals surface area contributed by atoms with Gasteiger partial charge in [-0.1, -0.05) is 0 Å². The highest BCUT2D eigenvalue weighted by Gasteiger charge is 2.15. The molecule has 3 N–H and O–H groups in total. The van der Waals surface area contributed by atoms with Crippen LogP contribution in [0.4, 0.5) is 5.95 Å². The molecule has 1 amide bonds. The van der Waals surface area contributed by atoms with Crippen molar-refractivity contribution in [1.82, 2.24) is 24.7 Å². The van der Waals surface area contributed by atoms with Crippen molar-refractivity contribution >= 4 is 22.9 Å². The lowest BCUT2D eigenvalue weighted by molar-refractivity contribution is 0.102. The lowest BCUT2D eigenvalue weighted by Crippen LogP contribution is -2.36. The van der Waals surface area contributed by atoms with E-state index in [1.54, 1.807) is 44.4 Å². The number of carbonyl (C=O) groups excluding carboxylic acids is 1. The second kappa shape index (κ2) is 8.38. The number of aryl methyl sites for hydroxylation is 1. The number of hydrogen-bond donors (Lipinski definition) is 3. The summed E-state index contributed by atoms with van der Waals surface area (Å²) in [5.74, 6) is 1.14. The van der Waals surface area contributed by atoms with Crippen molar-refractivity contribution in [2.24, 2.45) is 0 Å². The van der Waals surface area contributed by atoms with Crippen molar-refractivity contribution in [3.05, 3.63) is 62.7 Å². The maximum atomic E-state index is 12.7. The van der Waals surface area contributed by atoms with E-state index in [1.165, 1.54) is 17.7 Å². The van der Waals surface area contributed by atoms with Gasteiger partial charge in [-0.3, -0.25) is 24.8 Å². The van der Waals surface area contributed by atoms with Gasteiger partial charge in [-0.05, 0) is 37.3 Å². The van der Waals surface area contributed by atoms with Crippen LogP contribution in [0.3, 0.4) is 0 Å². The van der Waals surface area contributed by atoms with Gasteiger partial charge < -0.3 is 19.0 Å². The molecule has 0 saturated carbocycles. The SMILES string of the molecule is CCn1c(=O)c(=O)[nH]c2cc(C(=O)Nc3n[nH]c(-c4ccc(OC)cc4OC)n3)ccc21. The fourth-order valence-corrected chi connectivity index (χ4v) is 3.34. The Bertz CT molecular complexity index is 1430. The van der Waals surface area contributed by atoms with E-state index < -0.39 is 17.0 Å². The smallest absolute Gasteiger partial charge is 0.316 e. The average molecular weight is 436 g/mol. The van der Waals surface area contributed by atoms with E-state index in [9.17, 15) is 14.4 Å². The fraction of sp³-hybridized carbons (Fsp3) is 0.190. The zero-order valence-corrected chi connectivity index (χ0v) is 17.6. The number of rotatable bonds is 6. The summed E-state index contributed by atoms with van der Waals surface area (Å²) in [6, 6.07) is 9.89. The lowest BCUT2D eigenvalue weighted by Gasteiger charge is -2.08. The summed E-state index contributed by atoms with van der Waals surface area (Å²) in [5.41, 5.74) is 0.427. The van der Waals surface area contributed by atoms with Gasteiger partial charge >= 0.3 is 11.1 Å². The average Bonchev–Trinajstić information content (AvgIpc) is 3.27. The van der Waals surface area contributed by atoms with Crippen LogP contribution in [0.25, 0.3) is 22.4 Å².